The van der Waals surface area contributed by atoms with Gasteiger partial charge in [0.25, 0.3) is 0 Å². The van der Waals surface area contributed by atoms with Crippen LogP contribution in [0.5, 0.6) is 0 Å². The third-order valence-electron chi connectivity index (χ3n) is 2.81. The molecule has 0 radical (unpaired) electrons. The minimum absolute atomic E-state index is 0.0145. The van der Waals surface area contributed by atoms with E-state index < -0.39 is 5.82 Å². The fourth-order valence-corrected chi connectivity index (χ4v) is 2.97. The number of thioether (sulfide) groups is 1. The summed E-state index contributed by atoms with van der Waals surface area (Å²) in [4.78, 5) is 24.3. The fourth-order valence-electron chi connectivity index (χ4n) is 2.05. The average molecular weight is 267 g/mol. The molecule has 1 atom stereocenters. The highest BCUT2D eigenvalue weighted by Gasteiger charge is 2.33. The van der Waals surface area contributed by atoms with E-state index in [-0.39, 0.29) is 22.7 Å². The van der Waals surface area contributed by atoms with E-state index in [0.717, 1.165) is 17.3 Å². The van der Waals surface area contributed by atoms with Crippen LogP contribution in [0.2, 0.25) is 0 Å². The number of carbonyl (C=O) groups excluding carboxylic acids is 2. The van der Waals surface area contributed by atoms with Gasteiger partial charge in [0.1, 0.15) is 5.82 Å². The quantitative estimate of drug-likeness (QED) is 0.826. The summed E-state index contributed by atoms with van der Waals surface area (Å²) in [6.07, 6.45) is 0.289. The van der Waals surface area contributed by atoms with Crippen molar-refractivity contribution in [2.75, 3.05) is 11.4 Å². The van der Waals surface area contributed by atoms with Crippen LogP contribution >= 0.6 is 11.8 Å². The predicted octanol–water partition coefficient (Wildman–Crippen LogP) is 2.52. The fraction of sp³-hybridized carbons (Fsp3) is 0.385. The van der Waals surface area contributed by atoms with Crippen LogP contribution in [0.25, 0.3) is 0 Å². The summed E-state index contributed by atoms with van der Waals surface area (Å²) in [6, 6.07) is 4.69. The van der Waals surface area contributed by atoms with Gasteiger partial charge in [-0.15, -0.1) is 0 Å². The number of anilines is 1. The van der Waals surface area contributed by atoms with E-state index in [1.807, 2.05) is 6.92 Å². The summed E-state index contributed by atoms with van der Waals surface area (Å²) in [6.45, 7) is 3.72. The first-order chi connectivity index (χ1) is 8.47. The van der Waals surface area contributed by atoms with E-state index in [1.165, 1.54) is 17.9 Å². The molecule has 96 valence electrons. The van der Waals surface area contributed by atoms with E-state index in [1.54, 1.807) is 12.1 Å². The monoisotopic (exact) mass is 267 g/mol. The lowest BCUT2D eigenvalue weighted by atomic mass is 10.2. The molecular weight excluding hydrogens is 253 g/mol. The Morgan fingerprint density at radius 1 is 1.50 bits per heavy atom. The van der Waals surface area contributed by atoms with Gasteiger partial charge in [0.2, 0.25) is 5.91 Å². The standard InChI is InChI=1S/C13H14FNO2S/c1-8-3-4-11(14)12(5-8)15-7-10(6-13(15)17)18-9(2)16/h3-5,10H,6-7H2,1-2H3. The second-order valence-electron chi connectivity index (χ2n) is 4.39. The summed E-state index contributed by atoms with van der Waals surface area (Å²) in [5, 5.41) is -0.0886. The number of hydrogen-bond acceptors (Lipinski definition) is 3. The van der Waals surface area contributed by atoms with Crippen molar-refractivity contribution in [1.29, 1.82) is 0 Å². The molecule has 18 heavy (non-hydrogen) atoms. The Bertz CT molecular complexity index is 504. The lowest BCUT2D eigenvalue weighted by Gasteiger charge is -2.17. The molecule has 1 aliphatic heterocycles. The van der Waals surface area contributed by atoms with Gasteiger partial charge in [-0.1, -0.05) is 17.8 Å². The maximum absolute atomic E-state index is 13.7. The van der Waals surface area contributed by atoms with Gasteiger partial charge in [0, 0.05) is 25.1 Å². The Hall–Kier alpha value is -1.36. The molecule has 1 heterocycles. The predicted molar refractivity (Wildman–Crippen MR) is 70.2 cm³/mol. The molecular formula is C13H14FNO2S. The van der Waals surface area contributed by atoms with Gasteiger partial charge in [-0.3, -0.25) is 9.59 Å². The Labute approximate surface area is 109 Å². The highest BCUT2D eigenvalue weighted by atomic mass is 32.2. The average Bonchev–Trinajstić information content (AvgIpc) is 2.62. The van der Waals surface area contributed by atoms with E-state index in [9.17, 15) is 14.0 Å². The van der Waals surface area contributed by atoms with Crippen molar-refractivity contribution in [1.82, 2.24) is 0 Å². The Morgan fingerprint density at radius 3 is 2.89 bits per heavy atom. The van der Waals surface area contributed by atoms with Gasteiger partial charge in [0.15, 0.2) is 5.12 Å². The van der Waals surface area contributed by atoms with E-state index in [2.05, 4.69) is 0 Å². The largest absolute Gasteiger partial charge is 0.308 e. The van der Waals surface area contributed by atoms with Crippen LogP contribution < -0.4 is 4.90 Å². The minimum Gasteiger partial charge on any atom is -0.308 e. The zero-order valence-electron chi connectivity index (χ0n) is 10.3. The van der Waals surface area contributed by atoms with Crippen molar-refractivity contribution in [2.24, 2.45) is 0 Å². The molecule has 0 aromatic heterocycles. The van der Waals surface area contributed by atoms with E-state index >= 15 is 0 Å². The number of hydrogen-bond donors (Lipinski definition) is 0. The van der Waals surface area contributed by atoms with Crippen LogP contribution in [0, 0.1) is 12.7 Å². The summed E-state index contributed by atoms with van der Waals surface area (Å²) >= 11 is 1.15. The molecule has 5 heteroatoms. The number of nitrogens with zero attached hydrogens (tertiary/aromatic N) is 1. The molecule has 1 unspecified atom stereocenters. The topological polar surface area (TPSA) is 37.4 Å². The molecule has 2 rings (SSSR count). The van der Waals surface area contributed by atoms with Gasteiger partial charge < -0.3 is 4.90 Å². The lowest BCUT2D eigenvalue weighted by Crippen LogP contribution is -2.26. The molecule has 1 saturated heterocycles. The molecule has 1 fully saturated rings. The summed E-state index contributed by atoms with van der Waals surface area (Å²) < 4.78 is 13.7. The summed E-state index contributed by atoms with van der Waals surface area (Å²) in [7, 11) is 0. The summed E-state index contributed by atoms with van der Waals surface area (Å²) in [5.41, 5.74) is 1.22. The van der Waals surface area contributed by atoms with Crippen molar-refractivity contribution >= 4 is 28.5 Å². The van der Waals surface area contributed by atoms with Gasteiger partial charge in [-0.2, -0.15) is 0 Å². The van der Waals surface area contributed by atoms with E-state index in [0.29, 0.717) is 12.2 Å². The first-order valence-electron chi connectivity index (χ1n) is 5.71. The van der Waals surface area contributed by atoms with Gasteiger partial charge in [-0.05, 0) is 24.6 Å². The smallest absolute Gasteiger partial charge is 0.228 e. The molecule has 3 nitrogen and oxygen atoms in total. The van der Waals surface area contributed by atoms with Crippen LogP contribution in [0.4, 0.5) is 10.1 Å². The first-order valence-corrected chi connectivity index (χ1v) is 6.59. The highest BCUT2D eigenvalue weighted by Crippen LogP contribution is 2.30. The van der Waals surface area contributed by atoms with Crippen LogP contribution in [-0.2, 0) is 9.59 Å². The molecule has 0 bridgehead atoms. The second kappa shape index (κ2) is 5.10. The van der Waals surface area contributed by atoms with Gasteiger partial charge in [0.05, 0.1) is 5.69 Å². The maximum atomic E-state index is 13.7. The minimum atomic E-state index is -0.401. The number of amides is 1. The zero-order valence-corrected chi connectivity index (χ0v) is 11.1. The number of aryl methyl sites for hydroxylation is 1. The molecule has 0 saturated carbocycles. The highest BCUT2D eigenvalue weighted by molar-refractivity contribution is 8.14. The van der Waals surface area contributed by atoms with Crippen LogP contribution in [0.3, 0.4) is 0 Å². The zero-order chi connectivity index (χ0) is 13.3. The Balaban J connectivity index is 2.21. The van der Waals surface area contributed by atoms with Crippen LogP contribution in [0.1, 0.15) is 18.9 Å². The van der Waals surface area contributed by atoms with Crippen LogP contribution in [0.15, 0.2) is 18.2 Å². The number of carbonyl (C=O) groups is 2. The number of rotatable bonds is 2. The molecule has 0 aliphatic carbocycles. The first kappa shape index (κ1) is 13.1. The maximum Gasteiger partial charge on any atom is 0.228 e. The Kier molecular flexibility index (Phi) is 3.71. The van der Waals surface area contributed by atoms with Crippen molar-refractivity contribution in [3.8, 4) is 0 Å². The lowest BCUT2D eigenvalue weighted by molar-refractivity contribution is -0.117. The van der Waals surface area contributed by atoms with Crippen molar-refractivity contribution < 1.29 is 14.0 Å². The van der Waals surface area contributed by atoms with Crippen molar-refractivity contribution in [3.05, 3.63) is 29.6 Å². The molecule has 1 aliphatic rings. The van der Waals surface area contributed by atoms with Gasteiger partial charge >= 0.3 is 0 Å². The molecule has 1 aromatic rings. The SMILES string of the molecule is CC(=O)SC1CC(=O)N(c2cc(C)ccc2F)C1. The van der Waals surface area contributed by atoms with Crippen molar-refractivity contribution in [2.45, 2.75) is 25.5 Å². The molecule has 0 spiro atoms. The normalized spacial score (nSPS) is 19.4. The van der Waals surface area contributed by atoms with E-state index in [4.69, 9.17) is 0 Å². The second-order valence-corrected chi connectivity index (χ2v) is 5.87. The third kappa shape index (κ3) is 2.72. The summed E-state index contributed by atoms with van der Waals surface area (Å²) in [5.74, 6) is -0.527. The Morgan fingerprint density at radius 2 is 2.22 bits per heavy atom. The number of benzene rings is 1. The molecule has 1 aromatic carbocycles. The molecule has 1 amide bonds. The van der Waals surface area contributed by atoms with Gasteiger partial charge in [-0.25, -0.2) is 4.39 Å². The molecule has 0 N–H and O–H groups in total. The van der Waals surface area contributed by atoms with Crippen molar-refractivity contribution in [3.63, 3.8) is 0 Å². The number of halogens is 1. The third-order valence-corrected chi connectivity index (χ3v) is 3.80. The van der Waals surface area contributed by atoms with Crippen LogP contribution in [-0.4, -0.2) is 22.8 Å².